The van der Waals surface area contributed by atoms with E-state index in [0.29, 0.717) is 19.1 Å². The summed E-state index contributed by atoms with van der Waals surface area (Å²) in [6.07, 6.45) is 2.15. The third-order valence-corrected chi connectivity index (χ3v) is 3.93. The summed E-state index contributed by atoms with van der Waals surface area (Å²) in [7, 11) is 0. The van der Waals surface area contributed by atoms with Crippen LogP contribution < -0.4 is 0 Å². The first-order valence-electron chi connectivity index (χ1n) is 7.48. The van der Waals surface area contributed by atoms with Crippen LogP contribution in [0.3, 0.4) is 0 Å². The maximum absolute atomic E-state index is 12.4. The van der Waals surface area contributed by atoms with E-state index in [1.165, 1.54) is 0 Å². The van der Waals surface area contributed by atoms with E-state index in [1.807, 2.05) is 11.8 Å². The Hall–Kier alpha value is -0.650. The van der Waals surface area contributed by atoms with Gasteiger partial charge in [-0.15, -0.1) is 0 Å². The number of ether oxygens (including phenoxy) is 2. The first-order chi connectivity index (χ1) is 9.31. The minimum atomic E-state index is 0.175. The molecule has 0 bridgehead atoms. The van der Waals surface area contributed by atoms with Crippen molar-refractivity contribution in [2.24, 2.45) is 5.92 Å². The maximum atomic E-state index is 12.4. The standard InChI is InChI=1S/C14H26N2O3/c1-2-18-9-6-15-5-3-4-13(12-15)14(17)16-7-10-19-11-8-16/h13H,2-12H2,1H3. The zero-order valence-corrected chi connectivity index (χ0v) is 12.0. The van der Waals surface area contributed by atoms with Crippen LogP contribution in [0.2, 0.25) is 0 Å². The van der Waals surface area contributed by atoms with Crippen molar-refractivity contribution in [3.05, 3.63) is 0 Å². The van der Waals surface area contributed by atoms with Crippen molar-refractivity contribution in [1.29, 1.82) is 0 Å². The molecule has 0 aromatic heterocycles. The first kappa shape index (κ1) is 14.8. The second-order valence-corrected chi connectivity index (χ2v) is 5.27. The summed E-state index contributed by atoms with van der Waals surface area (Å²) in [5.41, 5.74) is 0. The molecule has 2 aliphatic heterocycles. The summed E-state index contributed by atoms with van der Waals surface area (Å²) in [4.78, 5) is 16.8. The third-order valence-electron chi connectivity index (χ3n) is 3.93. The molecule has 2 heterocycles. The van der Waals surface area contributed by atoms with Gasteiger partial charge >= 0.3 is 0 Å². The Morgan fingerprint density at radius 3 is 2.84 bits per heavy atom. The monoisotopic (exact) mass is 270 g/mol. The molecule has 1 unspecified atom stereocenters. The van der Waals surface area contributed by atoms with E-state index < -0.39 is 0 Å². The van der Waals surface area contributed by atoms with Crippen molar-refractivity contribution in [2.75, 3.05) is 59.2 Å². The van der Waals surface area contributed by atoms with Crippen LogP contribution in [-0.2, 0) is 14.3 Å². The van der Waals surface area contributed by atoms with Crippen molar-refractivity contribution in [3.8, 4) is 0 Å². The molecule has 2 fully saturated rings. The molecule has 0 aromatic carbocycles. The molecule has 0 aromatic rings. The molecule has 0 N–H and O–H groups in total. The van der Waals surface area contributed by atoms with Gasteiger partial charge in [0.1, 0.15) is 0 Å². The van der Waals surface area contributed by atoms with Crippen LogP contribution in [0.1, 0.15) is 19.8 Å². The van der Waals surface area contributed by atoms with Gasteiger partial charge in [0.2, 0.25) is 5.91 Å². The van der Waals surface area contributed by atoms with E-state index in [2.05, 4.69) is 4.90 Å². The van der Waals surface area contributed by atoms with Crippen LogP contribution >= 0.6 is 0 Å². The Balaban J connectivity index is 1.77. The van der Waals surface area contributed by atoms with Gasteiger partial charge in [-0.1, -0.05) is 0 Å². The molecule has 19 heavy (non-hydrogen) atoms. The number of nitrogens with zero attached hydrogens (tertiary/aromatic N) is 2. The van der Waals surface area contributed by atoms with Crippen molar-refractivity contribution < 1.29 is 14.3 Å². The number of carbonyl (C=O) groups is 1. The average Bonchev–Trinajstić information content (AvgIpc) is 2.48. The van der Waals surface area contributed by atoms with E-state index in [9.17, 15) is 4.79 Å². The molecule has 0 aliphatic carbocycles. The number of hydrogen-bond acceptors (Lipinski definition) is 4. The largest absolute Gasteiger partial charge is 0.380 e. The normalized spacial score (nSPS) is 25.5. The second-order valence-electron chi connectivity index (χ2n) is 5.27. The zero-order chi connectivity index (χ0) is 13.5. The number of likely N-dealkylation sites (tertiary alicyclic amines) is 1. The molecule has 5 heteroatoms. The van der Waals surface area contributed by atoms with Crippen molar-refractivity contribution in [3.63, 3.8) is 0 Å². The molecule has 1 atom stereocenters. The Labute approximate surface area is 115 Å². The fourth-order valence-electron chi connectivity index (χ4n) is 2.84. The average molecular weight is 270 g/mol. The van der Waals surface area contributed by atoms with Gasteiger partial charge in [-0.2, -0.15) is 0 Å². The minimum absolute atomic E-state index is 0.175. The Kier molecular flexibility index (Phi) is 6.07. The summed E-state index contributed by atoms with van der Waals surface area (Å²) in [5.74, 6) is 0.498. The summed E-state index contributed by atoms with van der Waals surface area (Å²) < 4.78 is 10.7. The quantitative estimate of drug-likeness (QED) is 0.686. The van der Waals surface area contributed by atoms with Gasteiger partial charge in [0.25, 0.3) is 0 Å². The highest BCUT2D eigenvalue weighted by Gasteiger charge is 2.29. The fraction of sp³-hybridized carbons (Fsp3) is 0.929. The van der Waals surface area contributed by atoms with Crippen LogP contribution in [0.15, 0.2) is 0 Å². The van der Waals surface area contributed by atoms with E-state index >= 15 is 0 Å². The van der Waals surface area contributed by atoms with Gasteiger partial charge < -0.3 is 19.3 Å². The second kappa shape index (κ2) is 7.82. The topological polar surface area (TPSA) is 42.0 Å². The molecule has 2 rings (SSSR count). The molecule has 110 valence electrons. The van der Waals surface area contributed by atoms with E-state index in [-0.39, 0.29) is 5.92 Å². The molecule has 0 radical (unpaired) electrons. The van der Waals surface area contributed by atoms with E-state index in [0.717, 1.165) is 58.8 Å². The summed E-state index contributed by atoms with van der Waals surface area (Å²) >= 11 is 0. The molecular formula is C14H26N2O3. The van der Waals surface area contributed by atoms with E-state index in [1.54, 1.807) is 0 Å². The Morgan fingerprint density at radius 2 is 2.11 bits per heavy atom. The molecule has 5 nitrogen and oxygen atoms in total. The van der Waals surface area contributed by atoms with Crippen molar-refractivity contribution >= 4 is 5.91 Å². The molecule has 2 aliphatic rings. The SMILES string of the molecule is CCOCCN1CCCC(C(=O)N2CCOCC2)C1. The Bertz CT molecular complexity index is 280. The number of carbonyl (C=O) groups excluding carboxylic acids is 1. The van der Waals surface area contributed by atoms with Crippen LogP contribution in [0, 0.1) is 5.92 Å². The van der Waals surface area contributed by atoms with Gasteiger partial charge in [-0.3, -0.25) is 4.79 Å². The summed E-state index contributed by atoms with van der Waals surface area (Å²) in [6.45, 7) is 9.38. The molecule has 0 saturated carbocycles. The third kappa shape index (κ3) is 4.44. The lowest BCUT2D eigenvalue weighted by molar-refractivity contribution is -0.141. The number of morpholine rings is 1. The predicted octanol–water partition coefficient (Wildman–Crippen LogP) is 0.594. The van der Waals surface area contributed by atoms with Crippen LogP contribution in [0.25, 0.3) is 0 Å². The molecular weight excluding hydrogens is 244 g/mol. The van der Waals surface area contributed by atoms with Gasteiger partial charge in [0.15, 0.2) is 0 Å². The van der Waals surface area contributed by atoms with Crippen LogP contribution in [-0.4, -0.2) is 74.9 Å². The molecule has 1 amide bonds. The van der Waals surface area contributed by atoms with E-state index in [4.69, 9.17) is 9.47 Å². The highest BCUT2D eigenvalue weighted by atomic mass is 16.5. The first-order valence-corrected chi connectivity index (χ1v) is 7.48. The van der Waals surface area contributed by atoms with Gasteiger partial charge in [0, 0.05) is 32.8 Å². The lowest BCUT2D eigenvalue weighted by Crippen LogP contribution is -2.48. The highest BCUT2D eigenvalue weighted by molar-refractivity contribution is 5.79. The number of amides is 1. The summed E-state index contributed by atoms with van der Waals surface area (Å²) in [5, 5.41) is 0. The van der Waals surface area contributed by atoms with Crippen LogP contribution in [0.5, 0.6) is 0 Å². The number of rotatable bonds is 5. The fourth-order valence-corrected chi connectivity index (χ4v) is 2.84. The van der Waals surface area contributed by atoms with Gasteiger partial charge in [-0.05, 0) is 26.3 Å². The number of piperidine rings is 1. The van der Waals surface area contributed by atoms with Crippen LogP contribution in [0.4, 0.5) is 0 Å². The van der Waals surface area contributed by atoms with Gasteiger partial charge in [-0.25, -0.2) is 0 Å². The summed E-state index contributed by atoms with van der Waals surface area (Å²) in [6, 6.07) is 0. The smallest absolute Gasteiger partial charge is 0.227 e. The van der Waals surface area contributed by atoms with Gasteiger partial charge in [0.05, 0.1) is 25.7 Å². The molecule has 0 spiro atoms. The number of hydrogen-bond donors (Lipinski definition) is 0. The zero-order valence-electron chi connectivity index (χ0n) is 12.0. The maximum Gasteiger partial charge on any atom is 0.227 e. The van der Waals surface area contributed by atoms with Crippen molar-refractivity contribution in [1.82, 2.24) is 9.80 Å². The highest BCUT2D eigenvalue weighted by Crippen LogP contribution is 2.19. The lowest BCUT2D eigenvalue weighted by Gasteiger charge is -2.36. The predicted molar refractivity (Wildman–Crippen MR) is 73.1 cm³/mol. The minimum Gasteiger partial charge on any atom is -0.380 e. The van der Waals surface area contributed by atoms with Crippen molar-refractivity contribution in [2.45, 2.75) is 19.8 Å². The Morgan fingerprint density at radius 1 is 1.32 bits per heavy atom. The molecule has 2 saturated heterocycles. The lowest BCUT2D eigenvalue weighted by atomic mass is 9.96.